The summed E-state index contributed by atoms with van der Waals surface area (Å²) in [5.74, 6) is -13.0. The highest BCUT2D eigenvalue weighted by Gasteiger charge is 2.73. The maximum atomic E-state index is 14.2. The van der Waals surface area contributed by atoms with Gasteiger partial charge in [-0.1, -0.05) is 32.9 Å². The Morgan fingerprint density at radius 3 is 2.33 bits per heavy atom. The van der Waals surface area contributed by atoms with Gasteiger partial charge in [-0.25, -0.2) is 0 Å². The Morgan fingerprint density at radius 1 is 1.12 bits per heavy atom. The Labute approximate surface area is 251 Å². The van der Waals surface area contributed by atoms with Crippen LogP contribution in [-0.2, 0) is 24.6 Å². The van der Waals surface area contributed by atoms with Gasteiger partial charge in [0.25, 0.3) is 0 Å². The van der Waals surface area contributed by atoms with Crippen LogP contribution in [0.5, 0.6) is 5.75 Å². The molecule has 0 radical (unpaired) electrons. The first kappa shape index (κ1) is 31.4. The smallest absolute Gasteiger partial charge is 0.235 e. The van der Waals surface area contributed by atoms with Crippen LogP contribution in [0.3, 0.4) is 0 Å². The first-order chi connectivity index (χ1) is 20.1. The Kier molecular flexibility index (Phi) is 7.95. The molecule has 1 amide bonds. The minimum absolute atomic E-state index is 0.0589. The predicted molar refractivity (Wildman–Crippen MR) is 155 cm³/mol. The third-order valence-electron chi connectivity index (χ3n) is 10.7. The van der Waals surface area contributed by atoms with Crippen LogP contribution >= 0.6 is 0 Å². The van der Waals surface area contributed by atoms with E-state index in [1.807, 2.05) is 13.8 Å². The number of aliphatic hydroxyl groups is 2. The van der Waals surface area contributed by atoms with Crippen LogP contribution in [0.1, 0.15) is 73.9 Å². The number of amides is 1. The van der Waals surface area contributed by atoms with E-state index in [-0.39, 0.29) is 11.3 Å². The number of benzene rings is 1. The highest BCUT2D eigenvalue weighted by atomic mass is 16.3. The lowest BCUT2D eigenvalue weighted by atomic mass is 9.49. The number of nitrogens with zero attached hydrogens (tertiary/aromatic N) is 2. The monoisotopic (exact) mass is 597 g/mol. The fraction of sp³-hybridized carbons (Fsp3) is 0.656. The second kappa shape index (κ2) is 10.9. The summed E-state index contributed by atoms with van der Waals surface area (Å²) in [6, 6.07) is 2.14. The summed E-state index contributed by atoms with van der Waals surface area (Å²) in [5.41, 5.74) is 2.80. The predicted octanol–water partition coefficient (Wildman–Crippen LogP) is 0.552. The lowest BCUT2D eigenvalue weighted by Gasteiger charge is -2.56. The van der Waals surface area contributed by atoms with E-state index in [1.165, 1.54) is 31.8 Å². The van der Waals surface area contributed by atoms with E-state index >= 15 is 0 Å². The van der Waals surface area contributed by atoms with Crippen LogP contribution in [0, 0.1) is 23.7 Å². The van der Waals surface area contributed by atoms with Gasteiger partial charge in [0, 0.05) is 11.5 Å². The standard InChI is InChI=1S/C32H43N3O8/c1-15-16-9-10-17(31(2,3)11-8-14-35-12-6-7-13-35)24(36)19(16)25(37)20-18(15)26(38)22-23(34(4)5)27(39)21(30(33)42)29(41)32(22,43)28(20)40/h9-10,15,18,20-23,26,36,38,43H,6-8,11-14H2,1-5H3,(H2,33,42). The van der Waals surface area contributed by atoms with Crippen molar-refractivity contribution >= 4 is 29.0 Å². The van der Waals surface area contributed by atoms with Crippen molar-refractivity contribution in [1.82, 2.24) is 9.80 Å². The van der Waals surface area contributed by atoms with Crippen LogP contribution in [0.15, 0.2) is 12.1 Å². The number of hydrogen-bond acceptors (Lipinski definition) is 10. The molecule has 1 aromatic carbocycles. The molecule has 4 aliphatic rings. The molecule has 8 atom stereocenters. The average molecular weight is 598 g/mol. The topological polar surface area (TPSA) is 179 Å². The van der Waals surface area contributed by atoms with Crippen LogP contribution in [0.4, 0.5) is 0 Å². The molecule has 0 bridgehead atoms. The molecule has 1 heterocycles. The summed E-state index contributed by atoms with van der Waals surface area (Å²) in [7, 11) is 2.94. The average Bonchev–Trinajstić information content (AvgIpc) is 3.43. The Morgan fingerprint density at radius 2 is 1.74 bits per heavy atom. The summed E-state index contributed by atoms with van der Waals surface area (Å²) >= 11 is 0. The van der Waals surface area contributed by atoms with Gasteiger partial charge in [0.15, 0.2) is 34.7 Å². The van der Waals surface area contributed by atoms with Gasteiger partial charge in [-0.3, -0.25) is 28.9 Å². The molecule has 1 aromatic rings. The van der Waals surface area contributed by atoms with Gasteiger partial charge in [-0.15, -0.1) is 0 Å². The van der Waals surface area contributed by atoms with Gasteiger partial charge in [0.1, 0.15) is 5.75 Å². The highest BCUT2D eigenvalue weighted by Crippen LogP contribution is 2.55. The Bertz CT molecular complexity index is 1380. The van der Waals surface area contributed by atoms with Crippen molar-refractivity contribution < 1.29 is 39.3 Å². The van der Waals surface area contributed by atoms with E-state index in [4.69, 9.17) is 5.73 Å². The van der Waals surface area contributed by atoms with Gasteiger partial charge in [0.2, 0.25) is 5.91 Å². The lowest BCUT2D eigenvalue weighted by molar-refractivity contribution is -0.196. The molecule has 5 N–H and O–H groups in total. The van der Waals surface area contributed by atoms with Crippen LogP contribution in [-0.4, -0.2) is 106 Å². The third-order valence-corrected chi connectivity index (χ3v) is 10.7. The summed E-state index contributed by atoms with van der Waals surface area (Å²) in [6.45, 7) is 8.80. The number of Topliss-reactive ketones (excluding diaryl/α,β-unsaturated/α-hetero) is 4. The first-order valence-corrected chi connectivity index (χ1v) is 15.2. The maximum absolute atomic E-state index is 14.2. The molecule has 1 aliphatic heterocycles. The fourth-order valence-electron chi connectivity index (χ4n) is 8.42. The number of nitrogens with two attached hydrogens (primary N) is 1. The number of rotatable bonds is 7. The van der Waals surface area contributed by atoms with Crippen LogP contribution in [0.25, 0.3) is 0 Å². The van der Waals surface area contributed by atoms with E-state index in [9.17, 15) is 39.3 Å². The second-order valence-electron chi connectivity index (χ2n) is 13.8. The summed E-state index contributed by atoms with van der Waals surface area (Å²) in [6.07, 6.45) is 2.39. The number of aromatic hydroxyl groups is 1. The normalized spacial score (nSPS) is 34.7. The number of carbonyl (C=O) groups excluding carboxylic acids is 5. The van der Waals surface area contributed by atoms with Gasteiger partial charge in [-0.2, -0.15) is 0 Å². The molecule has 1 saturated heterocycles. The number of likely N-dealkylation sites (N-methyl/N-ethyl adjacent to an activating group) is 1. The van der Waals surface area contributed by atoms with E-state index < -0.39 is 81.8 Å². The van der Waals surface area contributed by atoms with Crippen molar-refractivity contribution in [2.45, 2.75) is 75.5 Å². The zero-order valence-electron chi connectivity index (χ0n) is 25.5. The molecule has 11 nitrogen and oxygen atoms in total. The number of carbonyl (C=O) groups is 5. The fourth-order valence-corrected chi connectivity index (χ4v) is 8.42. The molecular formula is C32H43N3O8. The number of phenols is 1. The van der Waals surface area contributed by atoms with Crippen molar-refractivity contribution in [3.8, 4) is 5.75 Å². The summed E-state index contributed by atoms with van der Waals surface area (Å²) in [5, 5.41) is 35.1. The molecule has 3 fully saturated rings. The van der Waals surface area contributed by atoms with E-state index in [1.54, 1.807) is 19.1 Å². The molecule has 0 aromatic heterocycles. The first-order valence-electron chi connectivity index (χ1n) is 15.2. The van der Waals surface area contributed by atoms with Gasteiger partial charge < -0.3 is 26.0 Å². The Hall–Kier alpha value is -2.99. The van der Waals surface area contributed by atoms with Crippen LogP contribution in [0.2, 0.25) is 0 Å². The van der Waals surface area contributed by atoms with Gasteiger partial charge in [0.05, 0.1) is 29.5 Å². The van der Waals surface area contributed by atoms with Crippen molar-refractivity contribution in [3.05, 3.63) is 28.8 Å². The van der Waals surface area contributed by atoms with Crippen molar-refractivity contribution in [2.24, 2.45) is 29.4 Å². The van der Waals surface area contributed by atoms with Crippen LogP contribution < -0.4 is 5.73 Å². The van der Waals surface area contributed by atoms with Gasteiger partial charge >= 0.3 is 0 Å². The quantitative estimate of drug-likeness (QED) is 0.325. The number of hydrogen-bond donors (Lipinski definition) is 4. The minimum atomic E-state index is -3.00. The van der Waals surface area contributed by atoms with E-state index in [0.29, 0.717) is 11.1 Å². The summed E-state index contributed by atoms with van der Waals surface area (Å²) < 4.78 is 0. The molecule has 234 valence electrons. The molecule has 0 spiro atoms. The SMILES string of the molecule is CC1c2ccc(C(C)(C)CCCN3CCCC3)c(O)c2C(=O)C2C(=O)C3(O)C(=O)C(C(N)=O)C(=O)C(N(C)C)C3C(O)C21. The maximum Gasteiger partial charge on any atom is 0.235 e. The molecule has 8 unspecified atom stereocenters. The summed E-state index contributed by atoms with van der Waals surface area (Å²) in [4.78, 5) is 71.1. The van der Waals surface area contributed by atoms with E-state index in [2.05, 4.69) is 4.90 Å². The molecule has 43 heavy (non-hydrogen) atoms. The molecule has 2 saturated carbocycles. The second-order valence-corrected chi connectivity index (χ2v) is 13.8. The number of aliphatic hydroxyl groups excluding tert-OH is 1. The van der Waals surface area contributed by atoms with Crippen molar-refractivity contribution in [2.75, 3.05) is 33.7 Å². The minimum Gasteiger partial charge on any atom is -0.507 e. The number of phenolic OH excluding ortho intramolecular Hbond substituents is 1. The number of fused-ring (bicyclic) bond motifs is 3. The van der Waals surface area contributed by atoms with Crippen molar-refractivity contribution in [1.29, 1.82) is 0 Å². The van der Waals surface area contributed by atoms with E-state index in [0.717, 1.165) is 32.5 Å². The molecule has 5 rings (SSSR count). The third kappa shape index (κ3) is 4.58. The highest BCUT2D eigenvalue weighted by molar-refractivity contribution is 6.32. The number of likely N-dealkylation sites (tertiary alicyclic amines) is 1. The zero-order chi connectivity index (χ0) is 31.8. The molecule has 3 aliphatic carbocycles. The zero-order valence-corrected chi connectivity index (χ0v) is 25.5. The lowest BCUT2D eigenvalue weighted by Crippen LogP contribution is -2.77. The molecular weight excluding hydrogens is 554 g/mol. The van der Waals surface area contributed by atoms with Crippen molar-refractivity contribution in [3.63, 3.8) is 0 Å². The largest absolute Gasteiger partial charge is 0.507 e. The Balaban J connectivity index is 1.56. The number of primary amides is 1. The van der Waals surface area contributed by atoms with Gasteiger partial charge in [-0.05, 0) is 76.3 Å². The molecule has 11 heteroatoms. The number of ketones is 4.